The fourth-order valence-corrected chi connectivity index (χ4v) is 5.51. The van der Waals surface area contributed by atoms with E-state index in [1.54, 1.807) is 27.7 Å². The molecule has 1 heterocycles. The lowest BCUT2D eigenvalue weighted by Crippen LogP contribution is -2.32. The van der Waals surface area contributed by atoms with E-state index in [1.165, 1.54) is 22.4 Å². The Bertz CT molecular complexity index is 1870. The molecule has 0 fully saturated rings. The van der Waals surface area contributed by atoms with Gasteiger partial charge in [0.05, 0.1) is 28.4 Å². The molecule has 0 aliphatic heterocycles. The summed E-state index contributed by atoms with van der Waals surface area (Å²) in [5.74, 6) is 2.31. The van der Waals surface area contributed by atoms with Crippen LogP contribution in [-0.2, 0) is 46.8 Å². The first kappa shape index (κ1) is 38.1. The molecule has 48 heavy (non-hydrogen) atoms. The van der Waals surface area contributed by atoms with Gasteiger partial charge in [0, 0.05) is 26.9 Å². The Balaban J connectivity index is 0.000000694. The fraction of sp³-hybridized carbons (Fsp3) is 0.323. The van der Waals surface area contributed by atoms with Crippen molar-refractivity contribution < 1.29 is 58.1 Å². The lowest BCUT2D eigenvalue weighted by molar-refractivity contribution is -0.677. The van der Waals surface area contributed by atoms with Crippen molar-refractivity contribution in [3.63, 3.8) is 0 Å². The van der Waals surface area contributed by atoms with Crippen molar-refractivity contribution in [2.45, 2.75) is 25.0 Å². The van der Waals surface area contributed by atoms with Crippen molar-refractivity contribution in [3.05, 3.63) is 101 Å². The Labute approximate surface area is 277 Å². The van der Waals surface area contributed by atoms with Crippen LogP contribution in [0.5, 0.6) is 23.0 Å². The predicted molar refractivity (Wildman–Crippen MR) is 168 cm³/mol. The zero-order valence-electron chi connectivity index (χ0n) is 27.0. The minimum absolute atomic E-state index is 0.360. The summed E-state index contributed by atoms with van der Waals surface area (Å²) in [4.78, 5) is 0. The Kier molecular flexibility index (Phi) is 12.5. The summed E-state index contributed by atoms with van der Waals surface area (Å²) in [5.41, 5.74) is -1.29. The van der Waals surface area contributed by atoms with Crippen LogP contribution in [0.3, 0.4) is 0 Å². The number of methoxy groups -OCH3 is 3. The number of nitrogens with zero attached hydrogens (tertiary/aromatic N) is 3. The van der Waals surface area contributed by atoms with Crippen molar-refractivity contribution in [3.8, 4) is 23.0 Å². The van der Waals surface area contributed by atoms with Gasteiger partial charge in [-0.05, 0) is 41.0 Å². The maximum absolute atomic E-state index is 13.3. The largest absolute Gasteiger partial charge is 0.741 e. The monoisotopic (exact) mass is 715 g/mol. The number of halogens is 3. The summed E-state index contributed by atoms with van der Waals surface area (Å²) in [6, 6.07) is 21.3. The van der Waals surface area contributed by atoms with Crippen LogP contribution < -0.4 is 23.5 Å². The molecule has 262 valence electrons. The first-order chi connectivity index (χ1) is 22.4. The van der Waals surface area contributed by atoms with Gasteiger partial charge in [0.25, 0.3) is 6.33 Å². The van der Waals surface area contributed by atoms with Crippen LogP contribution in [0.25, 0.3) is 0 Å². The number of aryl methyl sites for hydroxylation is 1. The lowest BCUT2D eigenvalue weighted by atomic mass is 10.0. The molecule has 0 aliphatic carbocycles. The lowest BCUT2D eigenvalue weighted by Gasteiger charge is -2.16. The Morgan fingerprint density at radius 3 is 1.81 bits per heavy atom. The highest BCUT2D eigenvalue weighted by Gasteiger charge is 2.37. The van der Waals surface area contributed by atoms with E-state index < -0.39 is 25.8 Å². The van der Waals surface area contributed by atoms with Gasteiger partial charge in [0.1, 0.15) is 12.4 Å². The van der Waals surface area contributed by atoms with Crippen molar-refractivity contribution in [1.29, 1.82) is 0 Å². The van der Waals surface area contributed by atoms with Gasteiger partial charge < -0.3 is 23.5 Å². The summed E-state index contributed by atoms with van der Waals surface area (Å²) in [5, 5.41) is 0. The highest BCUT2D eigenvalue weighted by Crippen LogP contribution is 2.40. The molecule has 0 bridgehead atoms. The highest BCUT2D eigenvalue weighted by molar-refractivity contribution is 7.87. The first-order valence-corrected chi connectivity index (χ1v) is 16.8. The number of benzene rings is 3. The molecule has 0 amide bonds. The summed E-state index contributed by atoms with van der Waals surface area (Å²) in [7, 11) is -0.174. The molecule has 0 saturated heterocycles. The summed E-state index contributed by atoms with van der Waals surface area (Å²) in [6.07, 6.45) is 2.44. The molecular weight excluding hydrogens is 679 g/mol. The Morgan fingerprint density at radius 1 is 0.812 bits per heavy atom. The highest BCUT2D eigenvalue weighted by atomic mass is 32.2. The molecule has 12 nitrogen and oxygen atoms in total. The molecular formula is C31H36F3N3O9S2. The van der Waals surface area contributed by atoms with Gasteiger partial charge in [-0.15, -0.1) is 3.97 Å². The fourth-order valence-electron chi connectivity index (χ4n) is 4.45. The van der Waals surface area contributed by atoms with Crippen molar-refractivity contribution in [2.24, 2.45) is 7.05 Å². The molecule has 3 aromatic carbocycles. The van der Waals surface area contributed by atoms with E-state index in [0.29, 0.717) is 42.4 Å². The average molecular weight is 716 g/mol. The molecule has 4 rings (SSSR count). The van der Waals surface area contributed by atoms with E-state index in [4.69, 9.17) is 31.9 Å². The number of aromatic nitrogens is 2. The van der Waals surface area contributed by atoms with Gasteiger partial charge in [-0.2, -0.15) is 25.9 Å². The molecule has 0 saturated carbocycles. The van der Waals surface area contributed by atoms with E-state index in [2.05, 4.69) is 0 Å². The van der Waals surface area contributed by atoms with Crippen LogP contribution in [0, 0.1) is 0 Å². The van der Waals surface area contributed by atoms with E-state index in [-0.39, 0.29) is 0 Å². The van der Waals surface area contributed by atoms with Crippen molar-refractivity contribution in [1.82, 2.24) is 8.28 Å². The van der Waals surface area contributed by atoms with Gasteiger partial charge in [0.2, 0.25) is 5.75 Å². The molecule has 17 heteroatoms. The second-order valence-corrected chi connectivity index (χ2v) is 13.8. The third-order valence-electron chi connectivity index (χ3n) is 6.95. The second-order valence-electron chi connectivity index (χ2n) is 10.4. The molecule has 0 atom stereocenters. The van der Waals surface area contributed by atoms with Gasteiger partial charge in [-0.25, -0.2) is 13.0 Å². The molecule has 0 radical (unpaired) electrons. The number of alkyl halides is 3. The van der Waals surface area contributed by atoms with Gasteiger partial charge in [0.15, 0.2) is 33.0 Å². The van der Waals surface area contributed by atoms with Crippen molar-refractivity contribution >= 4 is 20.3 Å². The molecule has 0 aliphatic rings. The van der Waals surface area contributed by atoms with E-state index in [9.17, 15) is 21.6 Å². The maximum Gasteiger partial charge on any atom is 0.485 e. The van der Waals surface area contributed by atoms with Crippen LogP contribution in [-0.4, -0.2) is 70.6 Å². The SMILES string of the molecule is COc1ccc(Cc2c(Cc3cc(OC)c(OCc4ccccc4)c(OC)c3)[n+](C)cn2S(=O)(=O)N(C)C)cc1.O=S(=O)([O-])C(F)(F)F. The van der Waals surface area contributed by atoms with E-state index in [1.807, 2.05) is 78.3 Å². The molecule has 0 spiro atoms. The number of hydrogen-bond donors (Lipinski definition) is 0. The van der Waals surface area contributed by atoms with Crippen LogP contribution in [0.1, 0.15) is 28.1 Å². The first-order valence-electron chi connectivity index (χ1n) is 14.0. The summed E-state index contributed by atoms with van der Waals surface area (Å²) < 4.78 is 113. The van der Waals surface area contributed by atoms with E-state index >= 15 is 0 Å². The van der Waals surface area contributed by atoms with E-state index in [0.717, 1.165) is 28.1 Å². The standard InChI is InChI=1S/C30H36N3O6S.CHF3O3S/c1-31(2)40(34,35)33-21-32(3)26(27(33)16-22-12-14-25(36-4)15-13-22)17-24-18-28(37-5)30(29(19-24)38-6)39-20-23-10-8-7-9-11-23;2-1(3,4)8(5,6)7/h7-15,18-19,21H,16-17,20H2,1-6H3;(H,5,6,7)/q+1;/p-1. The number of rotatable bonds is 12. The third-order valence-corrected chi connectivity index (χ3v) is 9.25. The zero-order valence-corrected chi connectivity index (χ0v) is 28.6. The number of ether oxygens (including phenoxy) is 4. The van der Waals surface area contributed by atoms with Gasteiger partial charge in [-0.3, -0.25) is 0 Å². The normalized spacial score (nSPS) is 11.9. The summed E-state index contributed by atoms with van der Waals surface area (Å²) in [6.45, 7) is 0.360. The minimum atomic E-state index is -6.09. The van der Waals surface area contributed by atoms with Crippen LogP contribution in [0.4, 0.5) is 13.2 Å². The molecule has 1 aromatic heterocycles. The quantitative estimate of drug-likeness (QED) is 0.122. The predicted octanol–water partition coefficient (Wildman–Crippen LogP) is 3.80. The topological polar surface area (TPSA) is 140 Å². The number of imidazole rings is 1. The molecule has 0 unspecified atom stereocenters. The molecule has 0 N–H and O–H groups in total. The zero-order chi connectivity index (χ0) is 35.9. The van der Waals surface area contributed by atoms with Crippen LogP contribution >= 0.6 is 0 Å². The average Bonchev–Trinajstić information content (AvgIpc) is 3.34. The smallest absolute Gasteiger partial charge is 0.485 e. The maximum atomic E-state index is 13.3. The van der Waals surface area contributed by atoms with Crippen molar-refractivity contribution in [2.75, 3.05) is 35.4 Å². The summed E-state index contributed by atoms with van der Waals surface area (Å²) >= 11 is 0. The Morgan fingerprint density at radius 2 is 1.35 bits per heavy atom. The number of hydrogen-bond acceptors (Lipinski definition) is 9. The second kappa shape index (κ2) is 15.7. The minimum Gasteiger partial charge on any atom is -0.741 e. The van der Waals surface area contributed by atoms with Crippen LogP contribution in [0.15, 0.2) is 73.1 Å². The Hall–Kier alpha value is -4.32. The molecule has 4 aromatic rings. The van der Waals surface area contributed by atoms with Gasteiger partial charge >= 0.3 is 15.7 Å². The van der Waals surface area contributed by atoms with Gasteiger partial charge in [-0.1, -0.05) is 42.5 Å². The van der Waals surface area contributed by atoms with Crippen LogP contribution in [0.2, 0.25) is 0 Å². The third kappa shape index (κ3) is 9.40.